The lowest BCUT2D eigenvalue weighted by Gasteiger charge is -2.41. The first-order valence-corrected chi connectivity index (χ1v) is 9.01. The molecule has 1 N–H and O–H groups in total. The first-order valence-electron chi connectivity index (χ1n) is 9.01. The summed E-state index contributed by atoms with van der Waals surface area (Å²) in [5, 5.41) is 10.1. The van der Waals surface area contributed by atoms with E-state index in [0.717, 1.165) is 6.07 Å². The van der Waals surface area contributed by atoms with E-state index >= 15 is 0 Å². The molecule has 1 nitrogen and oxygen atoms in total. The van der Waals surface area contributed by atoms with Gasteiger partial charge in [-0.3, -0.25) is 0 Å². The highest BCUT2D eigenvalue weighted by atomic mass is 19.4. The minimum Gasteiger partial charge on any atom is -0.508 e. The number of phenols is 1. The summed E-state index contributed by atoms with van der Waals surface area (Å²) < 4.78 is 87.2. The van der Waals surface area contributed by atoms with Crippen LogP contribution in [0.4, 0.5) is 26.3 Å². The summed E-state index contributed by atoms with van der Waals surface area (Å²) >= 11 is 0. The van der Waals surface area contributed by atoms with Crippen LogP contribution in [0.2, 0.25) is 0 Å². The fourth-order valence-corrected chi connectivity index (χ4v) is 3.94. The van der Waals surface area contributed by atoms with E-state index in [1.807, 2.05) is 0 Å². The number of halogens is 6. The molecule has 0 aliphatic carbocycles. The molecule has 0 atom stereocenters. The van der Waals surface area contributed by atoms with Gasteiger partial charge in [-0.2, -0.15) is 26.3 Å². The molecule has 160 valence electrons. The van der Waals surface area contributed by atoms with Crippen LogP contribution in [0.15, 0.2) is 12.1 Å². The normalized spacial score (nSPS) is 13.1. The zero-order chi connectivity index (χ0) is 22.7. The van der Waals surface area contributed by atoms with Crippen LogP contribution in [0.25, 0.3) is 0 Å². The molecule has 0 saturated heterocycles. The SMILES string of the molecule is Cc1cc(C(c2cc(O)c(C)c(C)c2C)(C(F)(F)F)C(F)(F)F)c(C)c(C)c1C. The van der Waals surface area contributed by atoms with Crippen LogP contribution in [0.5, 0.6) is 5.75 Å². The van der Waals surface area contributed by atoms with Gasteiger partial charge < -0.3 is 5.11 Å². The van der Waals surface area contributed by atoms with Crippen molar-refractivity contribution < 1.29 is 31.4 Å². The Bertz CT molecular complexity index is 888. The molecule has 0 spiro atoms. The van der Waals surface area contributed by atoms with Gasteiger partial charge in [0.1, 0.15) is 5.75 Å². The van der Waals surface area contributed by atoms with Gasteiger partial charge >= 0.3 is 12.4 Å². The summed E-state index contributed by atoms with van der Waals surface area (Å²) in [6.07, 6.45) is -11.4. The van der Waals surface area contributed by atoms with Crippen molar-refractivity contribution in [2.45, 2.75) is 66.2 Å². The van der Waals surface area contributed by atoms with Gasteiger partial charge in [0.25, 0.3) is 0 Å². The number of hydrogen-bond acceptors (Lipinski definition) is 1. The zero-order valence-corrected chi connectivity index (χ0v) is 17.4. The van der Waals surface area contributed by atoms with Gasteiger partial charge in [0.2, 0.25) is 5.41 Å². The third-order valence-corrected chi connectivity index (χ3v) is 6.33. The molecule has 0 aromatic heterocycles. The lowest BCUT2D eigenvalue weighted by atomic mass is 9.68. The van der Waals surface area contributed by atoms with Gasteiger partial charge in [-0.1, -0.05) is 6.07 Å². The Morgan fingerprint density at radius 1 is 0.552 bits per heavy atom. The second-order valence-corrected chi connectivity index (χ2v) is 7.68. The van der Waals surface area contributed by atoms with Gasteiger partial charge in [0.15, 0.2) is 0 Å². The zero-order valence-electron chi connectivity index (χ0n) is 17.4. The number of phenolic OH excluding ortho intramolecular Hbond substituents is 1. The molecule has 2 rings (SSSR count). The van der Waals surface area contributed by atoms with E-state index in [4.69, 9.17) is 0 Å². The Morgan fingerprint density at radius 3 is 1.34 bits per heavy atom. The van der Waals surface area contributed by atoms with Crippen molar-refractivity contribution in [2.75, 3.05) is 0 Å². The molecule has 0 heterocycles. The largest absolute Gasteiger partial charge is 0.508 e. The fourth-order valence-electron chi connectivity index (χ4n) is 3.94. The molecule has 0 fully saturated rings. The average Bonchev–Trinajstić information content (AvgIpc) is 2.58. The second kappa shape index (κ2) is 6.96. The summed E-state index contributed by atoms with van der Waals surface area (Å²) in [5.74, 6) is -0.598. The Hall–Kier alpha value is -2.18. The van der Waals surface area contributed by atoms with Crippen molar-refractivity contribution in [1.82, 2.24) is 0 Å². The maximum Gasteiger partial charge on any atom is 0.411 e. The van der Waals surface area contributed by atoms with Gasteiger partial charge in [-0.25, -0.2) is 0 Å². The Balaban J connectivity index is 3.23. The first-order chi connectivity index (χ1) is 13.0. The summed E-state index contributed by atoms with van der Waals surface area (Å²) in [4.78, 5) is 0. The van der Waals surface area contributed by atoms with Gasteiger partial charge in [0, 0.05) is 0 Å². The molecule has 7 heteroatoms. The molecule has 0 radical (unpaired) electrons. The number of rotatable bonds is 2. The lowest BCUT2D eigenvalue weighted by Crippen LogP contribution is -2.55. The number of hydrogen-bond donors (Lipinski definition) is 1. The molecule has 2 aromatic rings. The maximum atomic E-state index is 14.5. The van der Waals surface area contributed by atoms with Gasteiger partial charge in [-0.15, -0.1) is 0 Å². The summed E-state index contributed by atoms with van der Waals surface area (Å²) in [6, 6.07) is 1.59. The number of aryl methyl sites for hydroxylation is 1. The molecule has 0 aliphatic heterocycles. The molecule has 0 saturated carbocycles. The highest BCUT2D eigenvalue weighted by molar-refractivity contribution is 5.59. The van der Waals surface area contributed by atoms with E-state index in [-0.39, 0.29) is 22.3 Å². The van der Waals surface area contributed by atoms with Crippen LogP contribution in [-0.2, 0) is 5.41 Å². The number of benzene rings is 2. The predicted octanol–water partition coefficient (Wildman–Crippen LogP) is 6.96. The standard InChI is InChI=1S/C22H24F6O/c1-10-8-17(14(5)12(3)11(10)2)20(21(23,24)25,22(26,27)28)18-9-19(29)16(7)13(4)15(18)6/h8-9,29H,1-7H3. The summed E-state index contributed by atoms with van der Waals surface area (Å²) in [6.45, 7) is 10.0. The third-order valence-electron chi connectivity index (χ3n) is 6.33. The molecule has 29 heavy (non-hydrogen) atoms. The number of alkyl halides is 6. The van der Waals surface area contributed by atoms with Crippen LogP contribution in [-0.4, -0.2) is 17.5 Å². The molecule has 0 amide bonds. The molecule has 0 unspecified atom stereocenters. The van der Waals surface area contributed by atoms with Gasteiger partial charge in [-0.05, 0) is 105 Å². The van der Waals surface area contributed by atoms with Gasteiger partial charge in [0.05, 0.1) is 0 Å². The van der Waals surface area contributed by atoms with Crippen LogP contribution in [0.3, 0.4) is 0 Å². The maximum absolute atomic E-state index is 14.5. The van der Waals surface area contributed by atoms with E-state index < -0.39 is 34.6 Å². The van der Waals surface area contributed by atoms with Crippen molar-refractivity contribution in [3.05, 3.63) is 62.2 Å². The quantitative estimate of drug-likeness (QED) is 0.523. The van der Waals surface area contributed by atoms with E-state index in [2.05, 4.69) is 0 Å². The Kier molecular flexibility index (Phi) is 5.54. The van der Waals surface area contributed by atoms with Crippen LogP contribution in [0, 0.1) is 48.5 Å². The lowest BCUT2D eigenvalue weighted by molar-refractivity contribution is -0.289. The molecular formula is C22H24F6O. The minimum atomic E-state index is -5.69. The fraction of sp³-hybridized carbons (Fsp3) is 0.455. The number of aromatic hydroxyl groups is 1. The monoisotopic (exact) mass is 418 g/mol. The highest BCUT2D eigenvalue weighted by Gasteiger charge is 2.73. The van der Waals surface area contributed by atoms with E-state index in [9.17, 15) is 31.4 Å². The van der Waals surface area contributed by atoms with Crippen molar-refractivity contribution in [1.29, 1.82) is 0 Å². The van der Waals surface area contributed by atoms with E-state index in [1.165, 1.54) is 41.5 Å². The Morgan fingerprint density at radius 2 is 0.931 bits per heavy atom. The molecule has 0 bridgehead atoms. The third kappa shape index (κ3) is 3.19. The van der Waals surface area contributed by atoms with E-state index in [0.29, 0.717) is 22.8 Å². The van der Waals surface area contributed by atoms with Crippen LogP contribution < -0.4 is 0 Å². The van der Waals surface area contributed by atoms with Crippen LogP contribution in [0.1, 0.15) is 50.1 Å². The molecule has 0 aliphatic rings. The Labute approximate surface area is 166 Å². The highest BCUT2D eigenvalue weighted by Crippen LogP contribution is 2.59. The topological polar surface area (TPSA) is 20.2 Å². The van der Waals surface area contributed by atoms with Crippen molar-refractivity contribution in [2.24, 2.45) is 0 Å². The smallest absolute Gasteiger partial charge is 0.411 e. The minimum absolute atomic E-state index is 0.0696. The molecular weight excluding hydrogens is 394 g/mol. The van der Waals surface area contributed by atoms with Crippen molar-refractivity contribution in [3.8, 4) is 5.75 Å². The summed E-state index contributed by atoms with van der Waals surface area (Å²) in [7, 11) is 0. The summed E-state index contributed by atoms with van der Waals surface area (Å²) in [5.41, 5.74) is -4.54. The first kappa shape index (κ1) is 23.1. The van der Waals surface area contributed by atoms with Crippen molar-refractivity contribution in [3.63, 3.8) is 0 Å². The average molecular weight is 418 g/mol. The van der Waals surface area contributed by atoms with Crippen LogP contribution >= 0.6 is 0 Å². The van der Waals surface area contributed by atoms with Crippen molar-refractivity contribution >= 4 is 0 Å². The predicted molar refractivity (Wildman–Crippen MR) is 101 cm³/mol. The molecule has 2 aromatic carbocycles. The second-order valence-electron chi connectivity index (χ2n) is 7.68. The van der Waals surface area contributed by atoms with E-state index in [1.54, 1.807) is 6.92 Å².